The minimum absolute atomic E-state index is 0.0572. The number of ether oxygens (including phenoxy) is 2. The van der Waals surface area contributed by atoms with E-state index in [1.54, 1.807) is 21.0 Å². The fourth-order valence-corrected chi connectivity index (χ4v) is 3.73. The highest BCUT2D eigenvalue weighted by molar-refractivity contribution is 7.13. The van der Waals surface area contributed by atoms with Crippen molar-refractivity contribution in [3.8, 4) is 10.8 Å². The Morgan fingerprint density at radius 1 is 1.36 bits per heavy atom. The Morgan fingerprint density at radius 3 is 2.72 bits per heavy atom. The fourth-order valence-electron chi connectivity index (χ4n) is 2.99. The van der Waals surface area contributed by atoms with E-state index in [9.17, 15) is 4.79 Å². The van der Waals surface area contributed by atoms with Crippen LogP contribution in [0.25, 0.3) is 10.8 Å². The van der Waals surface area contributed by atoms with Crippen molar-refractivity contribution in [3.05, 3.63) is 17.0 Å². The predicted molar refractivity (Wildman–Crippen MR) is 92.2 cm³/mol. The molecule has 3 rings (SSSR count). The number of hydrogen-bond acceptors (Lipinski definition) is 8. The van der Waals surface area contributed by atoms with E-state index in [0.29, 0.717) is 23.1 Å². The number of thiazole rings is 1. The molecule has 0 saturated heterocycles. The van der Waals surface area contributed by atoms with Crippen molar-refractivity contribution in [2.75, 3.05) is 14.2 Å². The second-order valence-corrected chi connectivity index (χ2v) is 7.98. The SMILES string of the molecule is COC(=O)C(C)(C)Cc1nc(-c2nc(CC3(OC)CCC3)cs2)no1. The van der Waals surface area contributed by atoms with Crippen molar-refractivity contribution in [2.24, 2.45) is 5.41 Å². The number of methoxy groups -OCH3 is 2. The molecule has 0 N–H and O–H groups in total. The molecule has 7 nitrogen and oxygen atoms in total. The lowest BCUT2D eigenvalue weighted by atomic mass is 9.77. The summed E-state index contributed by atoms with van der Waals surface area (Å²) in [6.07, 6.45) is 4.48. The maximum Gasteiger partial charge on any atom is 0.311 e. The van der Waals surface area contributed by atoms with Gasteiger partial charge in [-0.3, -0.25) is 4.79 Å². The van der Waals surface area contributed by atoms with Crippen LogP contribution in [0.5, 0.6) is 0 Å². The molecule has 2 aromatic rings. The zero-order valence-corrected chi connectivity index (χ0v) is 15.8. The number of carbonyl (C=O) groups is 1. The Bertz CT molecular complexity index is 743. The fraction of sp³-hybridized carbons (Fsp3) is 0.647. The zero-order valence-electron chi connectivity index (χ0n) is 15.0. The van der Waals surface area contributed by atoms with Gasteiger partial charge in [0.25, 0.3) is 0 Å². The van der Waals surface area contributed by atoms with Crippen molar-refractivity contribution in [3.63, 3.8) is 0 Å². The van der Waals surface area contributed by atoms with Gasteiger partial charge in [-0.05, 0) is 33.1 Å². The Balaban J connectivity index is 1.69. The van der Waals surface area contributed by atoms with Gasteiger partial charge in [0.2, 0.25) is 11.7 Å². The van der Waals surface area contributed by atoms with Gasteiger partial charge in [0, 0.05) is 25.3 Å². The van der Waals surface area contributed by atoms with Crippen LogP contribution in [0.15, 0.2) is 9.90 Å². The molecule has 0 atom stereocenters. The average Bonchev–Trinajstić information content (AvgIpc) is 3.18. The summed E-state index contributed by atoms with van der Waals surface area (Å²) >= 11 is 1.49. The maximum absolute atomic E-state index is 11.8. The van der Waals surface area contributed by atoms with Crippen molar-refractivity contribution >= 4 is 17.3 Å². The third kappa shape index (κ3) is 3.74. The smallest absolute Gasteiger partial charge is 0.311 e. The van der Waals surface area contributed by atoms with Gasteiger partial charge in [-0.15, -0.1) is 11.3 Å². The summed E-state index contributed by atoms with van der Waals surface area (Å²) in [5.74, 6) is 0.538. The van der Waals surface area contributed by atoms with Gasteiger partial charge in [0.05, 0.1) is 23.8 Å². The Morgan fingerprint density at radius 2 is 2.12 bits per heavy atom. The van der Waals surface area contributed by atoms with Gasteiger partial charge in [0.1, 0.15) is 0 Å². The molecule has 2 aromatic heterocycles. The molecule has 0 aromatic carbocycles. The lowest BCUT2D eigenvalue weighted by Crippen LogP contribution is -2.41. The highest BCUT2D eigenvalue weighted by atomic mass is 32.1. The van der Waals surface area contributed by atoms with Crippen LogP contribution in [-0.2, 0) is 27.1 Å². The number of carbonyl (C=O) groups excluding carboxylic acids is 1. The summed E-state index contributed by atoms with van der Waals surface area (Å²) in [5.41, 5.74) is 0.211. The molecular weight excluding hydrogens is 342 g/mol. The number of aromatic nitrogens is 3. The Kier molecular flexibility index (Phi) is 4.92. The van der Waals surface area contributed by atoms with Crippen molar-refractivity contribution in [1.29, 1.82) is 0 Å². The van der Waals surface area contributed by atoms with E-state index < -0.39 is 5.41 Å². The summed E-state index contributed by atoms with van der Waals surface area (Å²) < 4.78 is 15.7. The van der Waals surface area contributed by atoms with Crippen LogP contribution in [0.4, 0.5) is 0 Å². The van der Waals surface area contributed by atoms with Gasteiger partial charge in [-0.1, -0.05) is 5.16 Å². The van der Waals surface area contributed by atoms with E-state index in [0.717, 1.165) is 25.0 Å². The highest BCUT2D eigenvalue weighted by Gasteiger charge is 2.38. The summed E-state index contributed by atoms with van der Waals surface area (Å²) in [4.78, 5) is 20.8. The summed E-state index contributed by atoms with van der Waals surface area (Å²) in [7, 11) is 3.14. The second kappa shape index (κ2) is 6.84. The molecule has 136 valence electrons. The molecule has 1 saturated carbocycles. The Labute approximate surface area is 150 Å². The van der Waals surface area contributed by atoms with E-state index in [2.05, 4.69) is 15.1 Å². The van der Waals surface area contributed by atoms with Crippen LogP contribution in [0.2, 0.25) is 0 Å². The van der Waals surface area contributed by atoms with Gasteiger partial charge in [-0.2, -0.15) is 4.98 Å². The molecule has 0 spiro atoms. The third-order valence-electron chi connectivity index (χ3n) is 4.74. The molecule has 0 unspecified atom stereocenters. The summed E-state index contributed by atoms with van der Waals surface area (Å²) in [5, 5.41) is 6.73. The van der Waals surface area contributed by atoms with Crippen LogP contribution >= 0.6 is 11.3 Å². The van der Waals surface area contributed by atoms with Gasteiger partial charge in [0.15, 0.2) is 5.01 Å². The molecule has 1 aliphatic carbocycles. The van der Waals surface area contributed by atoms with E-state index in [1.807, 2.05) is 5.38 Å². The van der Waals surface area contributed by atoms with E-state index in [-0.39, 0.29) is 11.6 Å². The number of hydrogen-bond donors (Lipinski definition) is 0. The van der Waals surface area contributed by atoms with Gasteiger partial charge in [-0.25, -0.2) is 4.98 Å². The van der Waals surface area contributed by atoms with Crippen LogP contribution in [0, 0.1) is 5.41 Å². The Hall–Kier alpha value is -1.80. The van der Waals surface area contributed by atoms with Gasteiger partial charge < -0.3 is 14.0 Å². The molecule has 1 aliphatic rings. The third-order valence-corrected chi connectivity index (χ3v) is 5.63. The lowest BCUT2D eigenvalue weighted by Gasteiger charge is -2.40. The topological polar surface area (TPSA) is 87.3 Å². The summed E-state index contributed by atoms with van der Waals surface area (Å²) in [6, 6.07) is 0. The minimum Gasteiger partial charge on any atom is -0.469 e. The standard InChI is InChI=1S/C17H23N3O4S/c1-16(2,15(21)22-3)9-12-19-13(20-24-12)14-18-11(10-25-14)8-17(23-4)6-5-7-17/h10H,5-9H2,1-4H3. The molecular formula is C17H23N3O4S. The number of nitrogens with zero attached hydrogens (tertiary/aromatic N) is 3. The first-order valence-corrected chi connectivity index (χ1v) is 9.16. The molecule has 1 fully saturated rings. The monoisotopic (exact) mass is 365 g/mol. The van der Waals surface area contributed by atoms with Crippen LogP contribution in [0.1, 0.15) is 44.7 Å². The van der Waals surface area contributed by atoms with E-state index in [1.165, 1.54) is 24.9 Å². The molecule has 8 heteroatoms. The molecule has 0 radical (unpaired) electrons. The largest absolute Gasteiger partial charge is 0.469 e. The van der Waals surface area contributed by atoms with E-state index >= 15 is 0 Å². The maximum atomic E-state index is 11.8. The number of esters is 1. The summed E-state index contributed by atoms with van der Waals surface area (Å²) in [6.45, 7) is 3.57. The van der Waals surface area contributed by atoms with Crippen molar-refractivity contribution in [2.45, 2.75) is 51.6 Å². The average molecular weight is 365 g/mol. The lowest BCUT2D eigenvalue weighted by molar-refractivity contribution is -0.150. The quantitative estimate of drug-likeness (QED) is 0.697. The molecule has 0 bridgehead atoms. The first-order valence-electron chi connectivity index (χ1n) is 8.28. The first kappa shape index (κ1) is 18.0. The van der Waals surface area contributed by atoms with Crippen LogP contribution < -0.4 is 0 Å². The minimum atomic E-state index is -0.721. The molecule has 0 amide bonds. The van der Waals surface area contributed by atoms with Crippen LogP contribution in [-0.4, -0.2) is 40.9 Å². The predicted octanol–water partition coefficient (Wildman–Crippen LogP) is 3.05. The number of rotatable bonds is 7. The highest BCUT2D eigenvalue weighted by Crippen LogP contribution is 2.38. The normalized spacial score (nSPS) is 16.5. The molecule has 25 heavy (non-hydrogen) atoms. The zero-order chi connectivity index (χ0) is 18.1. The molecule has 2 heterocycles. The van der Waals surface area contributed by atoms with Crippen LogP contribution in [0.3, 0.4) is 0 Å². The van der Waals surface area contributed by atoms with Gasteiger partial charge >= 0.3 is 5.97 Å². The van der Waals surface area contributed by atoms with E-state index in [4.69, 9.17) is 14.0 Å². The second-order valence-electron chi connectivity index (χ2n) is 7.13. The van der Waals surface area contributed by atoms with Crippen molar-refractivity contribution in [1.82, 2.24) is 15.1 Å². The van der Waals surface area contributed by atoms with Crippen molar-refractivity contribution < 1.29 is 18.8 Å². The molecule has 0 aliphatic heterocycles. The first-order chi connectivity index (χ1) is 11.9.